The molecule has 4 aromatic carbocycles. The third kappa shape index (κ3) is 23.7. The van der Waals surface area contributed by atoms with Crippen LogP contribution in [-0.2, 0) is 51.2 Å². The summed E-state index contributed by atoms with van der Waals surface area (Å²) in [5.41, 5.74) is 14.0. The van der Waals surface area contributed by atoms with Gasteiger partial charge in [-0.05, 0) is 167 Å². The Hall–Kier alpha value is -10.3. The number of hydrogen-bond acceptors (Lipinski definition) is 21. The molecule has 2 aromatic heterocycles. The van der Waals surface area contributed by atoms with Gasteiger partial charge in [0.25, 0.3) is 23.6 Å². The third-order valence-corrected chi connectivity index (χ3v) is 26.2. The number of fused-ring (bicyclic) bond motifs is 4. The Bertz CT molecular complexity index is 4860. The van der Waals surface area contributed by atoms with E-state index in [1.165, 1.54) is 31.9 Å². The molecule has 6 aromatic rings. The number of unbranched alkanes of at least 4 members (excludes halogenated alkanes) is 15. The number of nitrogens with zero attached hydrogens (tertiary/aromatic N) is 10. The summed E-state index contributed by atoms with van der Waals surface area (Å²) in [7, 11) is 0. The Morgan fingerprint density at radius 1 is 0.456 bits per heavy atom. The summed E-state index contributed by atoms with van der Waals surface area (Å²) in [6.07, 6.45) is 26.3. The maximum absolute atomic E-state index is 14.0. The van der Waals surface area contributed by atoms with Gasteiger partial charge in [-0.1, -0.05) is 169 Å². The lowest BCUT2D eigenvalue weighted by Crippen LogP contribution is -2.54. The van der Waals surface area contributed by atoms with Crippen molar-refractivity contribution < 1.29 is 72.9 Å². The van der Waals surface area contributed by atoms with Crippen LogP contribution in [0.3, 0.4) is 0 Å². The van der Waals surface area contributed by atoms with Gasteiger partial charge in [-0.2, -0.15) is 0 Å². The van der Waals surface area contributed by atoms with E-state index >= 15 is 0 Å². The number of aromatic nitrogens is 4. The number of halogens is 2. The first-order valence-electron chi connectivity index (χ1n) is 45.2. The fraction of sp³-hybridized carbons (Fsp3) is 0.537. The van der Waals surface area contributed by atoms with Gasteiger partial charge in [-0.25, -0.2) is 19.9 Å². The van der Waals surface area contributed by atoms with Crippen LogP contribution in [0.4, 0.5) is 11.6 Å². The number of aliphatic carboxylic acids is 1. The minimum Gasteiger partial charge on any atom is -0.481 e. The van der Waals surface area contributed by atoms with Crippen LogP contribution in [0.15, 0.2) is 97.6 Å². The summed E-state index contributed by atoms with van der Waals surface area (Å²) < 4.78 is 0. The number of rotatable bonds is 38. The second-order valence-corrected chi connectivity index (χ2v) is 35.3. The lowest BCUT2D eigenvalue weighted by atomic mass is 9.91. The van der Waals surface area contributed by atoms with Crippen molar-refractivity contribution in [3.63, 3.8) is 0 Å². The van der Waals surface area contributed by atoms with Gasteiger partial charge >= 0.3 is 5.97 Å². The summed E-state index contributed by atoms with van der Waals surface area (Å²) >= 11 is 12.3. The average molecular weight is 1750 g/mol. The number of anilines is 2. The molecule has 0 spiro atoms. The van der Waals surface area contributed by atoms with Gasteiger partial charge in [0.1, 0.15) is 42.2 Å². The van der Waals surface area contributed by atoms with Crippen LogP contribution in [-0.4, -0.2) is 197 Å². The van der Waals surface area contributed by atoms with Crippen LogP contribution in [0.1, 0.15) is 329 Å². The molecule has 6 aliphatic heterocycles. The van der Waals surface area contributed by atoms with Gasteiger partial charge in [-0.15, -0.1) is 0 Å². The lowest BCUT2D eigenvalue weighted by Gasteiger charge is -2.38. The van der Waals surface area contributed by atoms with Gasteiger partial charge < -0.3 is 40.7 Å². The number of benzene rings is 4. The first-order chi connectivity index (χ1) is 60.4. The van der Waals surface area contributed by atoms with Crippen molar-refractivity contribution in [3.8, 4) is 0 Å². The Kier molecular flexibility index (Phi) is 34.0. The van der Waals surface area contributed by atoms with E-state index in [9.17, 15) is 67.7 Å². The number of hydrogen-bond donors (Lipinski definition) is 6. The van der Waals surface area contributed by atoms with Gasteiger partial charge in [0.05, 0.1) is 57.7 Å². The largest absolute Gasteiger partial charge is 0.481 e. The van der Waals surface area contributed by atoms with Crippen molar-refractivity contribution in [2.75, 3.05) is 68.7 Å². The number of carbonyl (C=O) groups is 12. The van der Waals surface area contributed by atoms with Crippen LogP contribution >= 0.6 is 23.2 Å². The lowest BCUT2D eigenvalue weighted by molar-refractivity contribution is -0.138. The summed E-state index contributed by atoms with van der Waals surface area (Å²) in [4.78, 5) is 179. The van der Waals surface area contributed by atoms with Crippen molar-refractivity contribution in [2.24, 2.45) is 5.73 Å². The Labute approximate surface area is 740 Å². The second kappa shape index (κ2) is 45.3. The van der Waals surface area contributed by atoms with Gasteiger partial charge in [0, 0.05) is 106 Å². The van der Waals surface area contributed by atoms with Gasteiger partial charge in [0.15, 0.2) is 0 Å². The summed E-state index contributed by atoms with van der Waals surface area (Å²) in [5.74, 6) is -2.63. The molecule has 28 nitrogen and oxygen atoms in total. The van der Waals surface area contributed by atoms with Crippen molar-refractivity contribution >= 4 is 106 Å². The number of nitrogens with two attached hydrogens (primary N) is 1. The predicted molar refractivity (Wildman–Crippen MR) is 472 cm³/mol. The number of aliphatic hydroxyl groups is 2. The number of aliphatic hydroxyl groups excluding tert-OH is 2. The molecule has 2 unspecified atom stereocenters. The van der Waals surface area contributed by atoms with Crippen molar-refractivity contribution in [3.05, 3.63) is 175 Å². The van der Waals surface area contributed by atoms with Crippen LogP contribution < -0.4 is 26.2 Å². The first kappa shape index (κ1) is 93.9. The fourth-order valence-electron chi connectivity index (χ4n) is 18.9. The topological polar surface area (TPSA) is 387 Å². The number of nitrogens with one attached hydrogen (secondary N) is 2. The molecule has 0 saturated carbocycles. The molecule has 7 N–H and O–H groups in total. The number of imide groups is 4. The maximum Gasteiger partial charge on any atom is 0.303 e. The second-order valence-electron chi connectivity index (χ2n) is 34.5. The molecule has 30 heteroatoms. The van der Waals surface area contributed by atoms with E-state index in [2.05, 4.69) is 54.2 Å². The molecule has 10 amide bonds. The zero-order chi connectivity index (χ0) is 88.8. The van der Waals surface area contributed by atoms with Crippen molar-refractivity contribution in [1.82, 2.24) is 50.2 Å². The van der Waals surface area contributed by atoms with E-state index < -0.39 is 71.6 Å². The van der Waals surface area contributed by atoms with E-state index in [1.54, 1.807) is 36.4 Å². The number of ketones is 1. The SMILES string of the molecule is C[C@@H]1C[C@@H](O)c2ncnc(N3CCN(C(=O)[C@H](CCCCC(=O)CCCCCCCCCCc4cccc5c4C(=O)N(C4CCC(=O)NC4=O)C5=O)c4ccc(Cl)cc4)CC3)c21.C[C@@H]1C[C@@H](O)c2ncnc(N3CCN(C(=O)[C@H](CCCCC(=O)O)c4ccc(Cl)cc4)CC3)c21.NCCCCCCCCCc1cccc2c1C(=O)N(C1CCC(=O)NC1=O)C2=O. The maximum atomic E-state index is 14.0. The molecule has 4 fully saturated rings. The van der Waals surface area contributed by atoms with Crippen LogP contribution in [0.5, 0.6) is 0 Å². The quantitative estimate of drug-likeness (QED) is 0.0155. The summed E-state index contributed by atoms with van der Waals surface area (Å²) in [5, 5.41) is 35.4. The molecule has 2 aliphatic carbocycles. The number of Topliss-reactive ketones (excluding diaryl/α,β-unsaturated/α-hetero) is 1. The van der Waals surface area contributed by atoms with Crippen LogP contribution in [0.2, 0.25) is 10.0 Å². The molecule has 0 radical (unpaired) electrons. The molecule has 4 saturated heterocycles. The number of carboxylic acids is 1. The monoisotopic (exact) mass is 1750 g/mol. The highest BCUT2D eigenvalue weighted by Crippen LogP contribution is 2.45. The molecule has 125 heavy (non-hydrogen) atoms. The molecule has 14 rings (SSSR count). The highest BCUT2D eigenvalue weighted by atomic mass is 35.5. The number of amides is 10. The number of carbonyl (C=O) groups excluding carboxylic acids is 11. The van der Waals surface area contributed by atoms with Gasteiger partial charge in [-0.3, -0.25) is 78.0 Å². The van der Waals surface area contributed by atoms with E-state index in [0.717, 1.165) is 169 Å². The number of aryl methyl sites for hydroxylation is 2. The minimum atomic E-state index is -0.964. The molecule has 8 atom stereocenters. The van der Waals surface area contributed by atoms with Gasteiger partial charge in [0.2, 0.25) is 35.4 Å². The molecule has 8 aliphatic rings. The minimum absolute atomic E-state index is 0.0639. The number of piperazine rings is 2. The first-order valence-corrected chi connectivity index (χ1v) is 45.9. The summed E-state index contributed by atoms with van der Waals surface area (Å²) in [6, 6.07) is 23.6. The van der Waals surface area contributed by atoms with Crippen LogP contribution in [0.25, 0.3) is 0 Å². The van der Waals surface area contributed by atoms with E-state index in [-0.39, 0.29) is 79.3 Å². The highest BCUT2D eigenvalue weighted by molar-refractivity contribution is 6.31. The van der Waals surface area contributed by atoms with E-state index in [4.69, 9.17) is 34.0 Å². The fourth-order valence-corrected chi connectivity index (χ4v) is 19.2. The standard InChI is InChI=1S/C48H59ClN6O7.C25H31ClN4O4.C22H29N3O4/c1-31-29-39(57)43-41(31)44(51-30-50-43)53-25-27-54(28-26-53)46(60)36(32-19-21-34(49)22-20-32)17-11-10-16-35(56)15-9-7-5-3-2-4-6-8-13-33-14-12-18-37-42(33)48(62)55(47(37)61)38-23-24-40(58)52-45(38)59;1-16-14-20(31)23-22(16)24(28-15-27-23)29-10-12-30(13-11-29)25(34)19(4-2-3-5-21(32)33)17-6-8-18(26)9-7-17;23-14-7-5-3-1-2-4-6-9-15-10-8-11-16-19(15)22(29)25(21(16)28)17-12-13-18(26)24-20(17)27/h12,14,18-22,30-31,36,38-39,57H,2-11,13,15-17,23-29H2,1H3,(H,52,58,59);6-9,15-16,19-20,31H,2-5,10-14H2,1H3,(H,32,33);8,10-11,17H,1-7,9,12-14,23H2,(H,24,26,27)/t31-,36-,38?,39-;16-,19-,20-;/m11./s1. The smallest absolute Gasteiger partial charge is 0.303 e. The number of carboxylic acid groups (broad SMARTS) is 1. The number of piperidine rings is 2. The molecule has 668 valence electrons. The Balaban J connectivity index is 0.000000189. The third-order valence-electron chi connectivity index (χ3n) is 25.7. The average Bonchev–Trinajstić information content (AvgIpc) is 1.62. The highest BCUT2D eigenvalue weighted by Gasteiger charge is 2.48. The molecule has 8 heterocycles. The molecular weight excluding hydrogens is 1630 g/mol. The Morgan fingerprint density at radius 2 is 0.824 bits per heavy atom. The van der Waals surface area contributed by atoms with Crippen molar-refractivity contribution in [1.29, 1.82) is 0 Å². The van der Waals surface area contributed by atoms with Crippen LogP contribution in [0, 0.1) is 0 Å². The normalized spacial score (nSPS) is 20.2. The zero-order valence-electron chi connectivity index (χ0n) is 71.9. The molecular formula is C95H119Cl2N13O15. The zero-order valence-corrected chi connectivity index (χ0v) is 73.4. The van der Waals surface area contributed by atoms with Crippen molar-refractivity contribution in [2.45, 2.75) is 267 Å². The molecule has 0 bridgehead atoms. The van der Waals surface area contributed by atoms with E-state index in [1.807, 2.05) is 58.3 Å². The summed E-state index contributed by atoms with van der Waals surface area (Å²) in [6.45, 7) is 9.87. The van der Waals surface area contributed by atoms with E-state index in [0.29, 0.717) is 142 Å². The Morgan fingerprint density at radius 3 is 1.21 bits per heavy atom. The predicted octanol–water partition coefficient (Wildman–Crippen LogP) is 13.5.